The Labute approximate surface area is 78.4 Å². The molecule has 0 saturated carbocycles. The van der Waals surface area contributed by atoms with Gasteiger partial charge in [-0.2, -0.15) is 0 Å². The Morgan fingerprint density at radius 2 is 2.09 bits per heavy atom. The zero-order chi connectivity index (χ0) is 7.84. The summed E-state index contributed by atoms with van der Waals surface area (Å²) in [5.41, 5.74) is 0. The minimum atomic E-state index is 0.621. The lowest BCUT2D eigenvalue weighted by molar-refractivity contribution is 1.85. The SMILES string of the molecule is Clc1[c]sc2cccc(Cl)c12. The number of hydrogen-bond acceptors (Lipinski definition) is 1. The molecule has 0 unspecified atom stereocenters. The summed E-state index contributed by atoms with van der Waals surface area (Å²) in [7, 11) is 0. The lowest BCUT2D eigenvalue weighted by Gasteiger charge is -1.91. The van der Waals surface area contributed by atoms with Crippen molar-refractivity contribution in [3.63, 3.8) is 0 Å². The maximum atomic E-state index is 5.91. The van der Waals surface area contributed by atoms with Gasteiger partial charge in [0.15, 0.2) is 0 Å². The lowest BCUT2D eigenvalue weighted by atomic mass is 10.3. The van der Waals surface area contributed by atoms with Crippen LogP contribution >= 0.6 is 34.5 Å². The summed E-state index contributed by atoms with van der Waals surface area (Å²) in [5, 5.41) is 5.18. The number of thiophene rings is 1. The van der Waals surface area contributed by atoms with Gasteiger partial charge in [0.25, 0.3) is 0 Å². The van der Waals surface area contributed by atoms with E-state index >= 15 is 0 Å². The lowest BCUT2D eigenvalue weighted by Crippen LogP contribution is -1.65. The molecule has 1 aromatic heterocycles. The number of fused-ring (bicyclic) bond motifs is 1. The van der Waals surface area contributed by atoms with Crippen molar-refractivity contribution < 1.29 is 0 Å². The van der Waals surface area contributed by atoms with Crippen molar-refractivity contribution >= 4 is 44.6 Å². The van der Waals surface area contributed by atoms with Gasteiger partial charge in [0.05, 0.1) is 15.4 Å². The maximum Gasteiger partial charge on any atom is 0.0694 e. The molecular formula is C8H3Cl2S. The van der Waals surface area contributed by atoms with Crippen molar-refractivity contribution in [1.29, 1.82) is 0 Å². The summed E-state index contributed by atoms with van der Waals surface area (Å²) in [6.07, 6.45) is 0. The van der Waals surface area contributed by atoms with Crippen LogP contribution in [0, 0.1) is 5.38 Å². The van der Waals surface area contributed by atoms with E-state index in [4.69, 9.17) is 23.2 Å². The molecule has 0 N–H and O–H groups in total. The van der Waals surface area contributed by atoms with E-state index in [2.05, 4.69) is 5.38 Å². The van der Waals surface area contributed by atoms with Crippen LogP contribution in [-0.4, -0.2) is 0 Å². The summed E-state index contributed by atoms with van der Waals surface area (Å²) < 4.78 is 1.09. The highest BCUT2D eigenvalue weighted by Gasteiger charge is 2.04. The van der Waals surface area contributed by atoms with E-state index in [0.717, 1.165) is 10.1 Å². The van der Waals surface area contributed by atoms with Gasteiger partial charge in [-0.1, -0.05) is 29.3 Å². The molecule has 1 aromatic carbocycles. The average Bonchev–Trinajstić information content (AvgIpc) is 2.34. The van der Waals surface area contributed by atoms with Crippen molar-refractivity contribution in [3.8, 4) is 0 Å². The zero-order valence-corrected chi connectivity index (χ0v) is 7.72. The van der Waals surface area contributed by atoms with Crippen molar-refractivity contribution in [2.24, 2.45) is 0 Å². The second kappa shape index (κ2) is 2.67. The molecule has 0 aliphatic heterocycles. The third-order valence-corrected chi connectivity index (χ3v) is 3.02. The van der Waals surface area contributed by atoms with E-state index in [9.17, 15) is 0 Å². The van der Waals surface area contributed by atoms with E-state index in [-0.39, 0.29) is 0 Å². The molecule has 0 bridgehead atoms. The van der Waals surface area contributed by atoms with E-state index in [1.54, 1.807) is 0 Å². The van der Waals surface area contributed by atoms with E-state index in [0.29, 0.717) is 10.0 Å². The van der Waals surface area contributed by atoms with E-state index in [1.165, 1.54) is 11.3 Å². The summed E-state index contributed by atoms with van der Waals surface area (Å²) in [4.78, 5) is 0. The monoisotopic (exact) mass is 201 g/mol. The molecule has 55 valence electrons. The standard InChI is InChI=1S/C8H3Cl2S/c9-5-2-1-3-7-8(5)6(10)4-11-7/h1-3H. The Kier molecular flexibility index (Phi) is 1.80. The third-order valence-electron chi connectivity index (χ3n) is 1.45. The molecule has 0 fully saturated rings. The summed E-state index contributed by atoms with van der Waals surface area (Å²) in [6, 6.07) is 5.72. The van der Waals surface area contributed by atoms with Gasteiger partial charge in [-0.25, -0.2) is 0 Å². The molecule has 0 aliphatic rings. The van der Waals surface area contributed by atoms with Crippen molar-refractivity contribution in [2.75, 3.05) is 0 Å². The van der Waals surface area contributed by atoms with Gasteiger partial charge in [-0.05, 0) is 12.1 Å². The number of halogens is 2. The predicted molar refractivity (Wildman–Crippen MR) is 50.7 cm³/mol. The normalized spacial score (nSPS) is 10.7. The number of rotatable bonds is 0. The van der Waals surface area contributed by atoms with Crippen LogP contribution in [0.15, 0.2) is 18.2 Å². The molecule has 0 aliphatic carbocycles. The second-order valence-corrected chi connectivity index (χ2v) is 3.76. The van der Waals surface area contributed by atoms with Gasteiger partial charge in [-0.15, -0.1) is 11.3 Å². The molecular weight excluding hydrogens is 199 g/mol. The molecule has 11 heavy (non-hydrogen) atoms. The van der Waals surface area contributed by atoms with Gasteiger partial charge < -0.3 is 0 Å². The topological polar surface area (TPSA) is 0 Å². The third kappa shape index (κ3) is 1.13. The first kappa shape index (κ1) is 7.41. The Morgan fingerprint density at radius 1 is 1.27 bits per heavy atom. The fraction of sp³-hybridized carbons (Fsp3) is 0. The van der Waals surface area contributed by atoms with Crippen LogP contribution in [0.25, 0.3) is 10.1 Å². The predicted octanol–water partition coefficient (Wildman–Crippen LogP) is 4.01. The quantitative estimate of drug-likeness (QED) is 0.605. The molecule has 0 nitrogen and oxygen atoms in total. The van der Waals surface area contributed by atoms with Crippen LogP contribution in [0.1, 0.15) is 0 Å². The summed E-state index contributed by atoms with van der Waals surface area (Å²) in [6.45, 7) is 0. The summed E-state index contributed by atoms with van der Waals surface area (Å²) in [5.74, 6) is 0. The van der Waals surface area contributed by atoms with Gasteiger partial charge in [-0.3, -0.25) is 0 Å². The Bertz CT molecular complexity index is 392. The second-order valence-electron chi connectivity index (χ2n) is 2.13. The molecule has 1 radical (unpaired) electrons. The molecule has 0 spiro atoms. The van der Waals surface area contributed by atoms with Crippen LogP contribution in [-0.2, 0) is 0 Å². The molecule has 2 aromatic rings. The highest BCUT2D eigenvalue weighted by atomic mass is 35.5. The van der Waals surface area contributed by atoms with Crippen molar-refractivity contribution in [3.05, 3.63) is 33.6 Å². The number of benzene rings is 1. The van der Waals surface area contributed by atoms with Gasteiger partial charge >= 0.3 is 0 Å². The van der Waals surface area contributed by atoms with Crippen molar-refractivity contribution in [2.45, 2.75) is 0 Å². The molecule has 3 heteroatoms. The van der Waals surface area contributed by atoms with Crippen LogP contribution in [0.3, 0.4) is 0 Å². The fourth-order valence-corrected chi connectivity index (χ4v) is 2.46. The molecule has 1 heterocycles. The number of hydrogen-bond donors (Lipinski definition) is 0. The first-order valence-electron chi connectivity index (χ1n) is 3.03. The minimum Gasteiger partial charge on any atom is -0.133 e. The minimum absolute atomic E-state index is 0.621. The van der Waals surface area contributed by atoms with E-state index in [1.807, 2.05) is 18.2 Å². The van der Waals surface area contributed by atoms with Crippen LogP contribution in [0.4, 0.5) is 0 Å². The summed E-state index contributed by atoms with van der Waals surface area (Å²) >= 11 is 13.2. The molecule has 2 rings (SSSR count). The van der Waals surface area contributed by atoms with Crippen LogP contribution in [0.2, 0.25) is 10.0 Å². The average molecular weight is 202 g/mol. The van der Waals surface area contributed by atoms with Gasteiger partial charge in [0.1, 0.15) is 0 Å². The largest absolute Gasteiger partial charge is 0.133 e. The molecule has 0 saturated heterocycles. The first-order chi connectivity index (χ1) is 5.29. The maximum absolute atomic E-state index is 5.91. The van der Waals surface area contributed by atoms with Crippen LogP contribution < -0.4 is 0 Å². The first-order valence-corrected chi connectivity index (χ1v) is 4.60. The molecule has 0 amide bonds. The van der Waals surface area contributed by atoms with Gasteiger partial charge in [0.2, 0.25) is 0 Å². The molecule has 0 atom stereocenters. The Hall–Kier alpha value is -0.240. The van der Waals surface area contributed by atoms with Gasteiger partial charge in [0, 0.05) is 10.1 Å². The van der Waals surface area contributed by atoms with Crippen molar-refractivity contribution in [1.82, 2.24) is 0 Å². The Morgan fingerprint density at radius 3 is 2.82 bits per heavy atom. The van der Waals surface area contributed by atoms with Crippen LogP contribution in [0.5, 0.6) is 0 Å². The highest BCUT2D eigenvalue weighted by molar-refractivity contribution is 7.17. The Balaban J connectivity index is 2.96. The smallest absolute Gasteiger partial charge is 0.0694 e. The zero-order valence-electron chi connectivity index (χ0n) is 5.40. The fourth-order valence-electron chi connectivity index (χ4n) is 0.953. The highest BCUT2D eigenvalue weighted by Crippen LogP contribution is 2.34. The van der Waals surface area contributed by atoms with E-state index < -0.39 is 0 Å².